The first-order valence-electron chi connectivity index (χ1n) is 9.20. The van der Waals surface area contributed by atoms with Crippen molar-refractivity contribution in [2.24, 2.45) is 11.8 Å². The quantitative estimate of drug-likeness (QED) is 0.414. The molecule has 4 atom stereocenters. The highest BCUT2D eigenvalue weighted by Gasteiger charge is 2.45. The molecule has 2 aliphatic rings. The number of thiophene rings is 1. The Morgan fingerprint density at radius 1 is 1.32 bits per heavy atom. The number of hydrogen-bond acceptors (Lipinski definition) is 6. The van der Waals surface area contributed by atoms with Gasteiger partial charge < -0.3 is 25.2 Å². The van der Waals surface area contributed by atoms with Crippen molar-refractivity contribution >= 4 is 41.9 Å². The van der Waals surface area contributed by atoms with Crippen LogP contribution in [0.3, 0.4) is 0 Å². The Balaban J connectivity index is 1.78. The zero-order valence-electron chi connectivity index (χ0n) is 15.1. The molecule has 150 valence electrons. The first-order chi connectivity index (χ1) is 13.3. The van der Waals surface area contributed by atoms with Crippen molar-refractivity contribution in [3.05, 3.63) is 28.5 Å². The number of hydrogen-bond donors (Lipinski definition) is 4. The standard InChI is InChI=1S/C18H22BNO7S/c21-16(22)8-12(14-5-2-6-28-14)18(25)20-15-7-10-3-1-4-11(10)13(9-17(23)24)27-19(15)26/h2,5-6,8,10-11,13,15,26H,1,3-4,7,9H2,(H,20,25)(H,21,22)(H,23,24)/b12-8+/t10?,11?,13-,15-/m0/s1. The van der Waals surface area contributed by atoms with E-state index in [9.17, 15) is 19.4 Å². The summed E-state index contributed by atoms with van der Waals surface area (Å²) >= 11 is 1.24. The second kappa shape index (κ2) is 8.89. The molecule has 2 heterocycles. The summed E-state index contributed by atoms with van der Waals surface area (Å²) in [6.45, 7) is 0. The van der Waals surface area contributed by atoms with Gasteiger partial charge in [-0.3, -0.25) is 9.59 Å². The Hall–Kier alpha value is -2.17. The smallest absolute Gasteiger partial charge is 0.478 e. The number of nitrogens with one attached hydrogen (secondary N) is 1. The largest absolute Gasteiger partial charge is 0.481 e. The number of carboxylic acid groups (broad SMARTS) is 2. The van der Waals surface area contributed by atoms with Crippen molar-refractivity contribution in [1.29, 1.82) is 0 Å². The molecule has 28 heavy (non-hydrogen) atoms. The van der Waals surface area contributed by atoms with Gasteiger partial charge in [0.15, 0.2) is 0 Å². The molecule has 8 nitrogen and oxygen atoms in total. The van der Waals surface area contributed by atoms with Gasteiger partial charge >= 0.3 is 19.1 Å². The Labute approximate surface area is 166 Å². The van der Waals surface area contributed by atoms with Gasteiger partial charge in [0.1, 0.15) is 0 Å². The monoisotopic (exact) mass is 407 g/mol. The summed E-state index contributed by atoms with van der Waals surface area (Å²) in [5.74, 6) is -3.42. The molecule has 3 rings (SSSR count). The molecule has 0 aromatic carbocycles. The van der Waals surface area contributed by atoms with Crippen LogP contribution in [0.25, 0.3) is 5.57 Å². The fourth-order valence-electron chi connectivity index (χ4n) is 4.22. The molecule has 0 spiro atoms. The molecule has 2 fully saturated rings. The first kappa shape index (κ1) is 20.6. The third-order valence-corrected chi connectivity index (χ3v) is 6.31. The van der Waals surface area contributed by atoms with Crippen molar-refractivity contribution in [3.63, 3.8) is 0 Å². The van der Waals surface area contributed by atoms with E-state index >= 15 is 0 Å². The van der Waals surface area contributed by atoms with E-state index in [1.54, 1.807) is 17.5 Å². The highest BCUT2D eigenvalue weighted by atomic mass is 32.1. The van der Waals surface area contributed by atoms with Gasteiger partial charge in [-0.05, 0) is 36.1 Å². The van der Waals surface area contributed by atoms with Crippen molar-refractivity contribution in [2.75, 3.05) is 0 Å². The van der Waals surface area contributed by atoms with E-state index < -0.39 is 37.0 Å². The fourth-order valence-corrected chi connectivity index (χ4v) is 4.96. The van der Waals surface area contributed by atoms with Gasteiger partial charge in [0.05, 0.1) is 24.0 Å². The number of carbonyl (C=O) groups excluding carboxylic acids is 1. The van der Waals surface area contributed by atoms with Crippen LogP contribution in [-0.2, 0) is 19.0 Å². The Morgan fingerprint density at radius 3 is 2.75 bits per heavy atom. The van der Waals surface area contributed by atoms with Gasteiger partial charge in [-0.1, -0.05) is 18.9 Å². The summed E-state index contributed by atoms with van der Waals surface area (Å²) in [6.07, 6.45) is 3.16. The van der Waals surface area contributed by atoms with Gasteiger partial charge in [-0.15, -0.1) is 11.3 Å². The molecule has 1 aliphatic heterocycles. The van der Waals surface area contributed by atoms with E-state index in [0.717, 1.165) is 25.3 Å². The number of aliphatic carboxylic acids is 2. The average molecular weight is 407 g/mol. The maximum atomic E-state index is 12.8. The van der Waals surface area contributed by atoms with E-state index in [1.807, 2.05) is 0 Å². The first-order valence-corrected chi connectivity index (χ1v) is 10.1. The zero-order chi connectivity index (χ0) is 20.3. The SMILES string of the molecule is O=C(O)/C=C(/C(=O)N[C@H]1CC2CCCC2[C@H](CC(=O)O)OB1O)c1cccs1. The molecule has 1 aromatic heterocycles. The lowest BCUT2D eigenvalue weighted by Crippen LogP contribution is -2.48. The van der Waals surface area contributed by atoms with E-state index in [4.69, 9.17) is 14.9 Å². The van der Waals surface area contributed by atoms with E-state index in [-0.39, 0.29) is 23.8 Å². The normalized spacial score (nSPS) is 27.8. The molecule has 1 saturated heterocycles. The van der Waals surface area contributed by atoms with E-state index in [0.29, 0.717) is 11.3 Å². The van der Waals surface area contributed by atoms with E-state index in [1.165, 1.54) is 11.3 Å². The number of carboxylic acids is 2. The molecular formula is C18H22BNO7S. The van der Waals surface area contributed by atoms with Gasteiger partial charge in [-0.2, -0.15) is 0 Å². The molecule has 1 aromatic rings. The predicted molar refractivity (Wildman–Crippen MR) is 102 cm³/mol. The second-order valence-corrected chi connectivity index (χ2v) is 8.15. The number of carbonyl (C=O) groups is 3. The summed E-state index contributed by atoms with van der Waals surface area (Å²) in [6, 6.07) is 3.36. The highest BCUT2D eigenvalue weighted by molar-refractivity contribution is 7.11. The lowest BCUT2D eigenvalue weighted by atomic mass is 9.74. The lowest BCUT2D eigenvalue weighted by Gasteiger charge is -2.24. The maximum Gasteiger partial charge on any atom is 0.478 e. The summed E-state index contributed by atoms with van der Waals surface area (Å²) in [5.41, 5.74) is 0.00371. The van der Waals surface area contributed by atoms with Gasteiger partial charge in [0.25, 0.3) is 5.91 Å². The third-order valence-electron chi connectivity index (χ3n) is 5.40. The van der Waals surface area contributed by atoms with Gasteiger partial charge in [0, 0.05) is 11.0 Å². The second-order valence-electron chi connectivity index (χ2n) is 7.21. The number of fused-ring (bicyclic) bond motifs is 1. The van der Waals surface area contributed by atoms with Gasteiger partial charge in [-0.25, -0.2) is 4.79 Å². The number of amides is 1. The Morgan fingerprint density at radius 2 is 2.11 bits per heavy atom. The van der Waals surface area contributed by atoms with Crippen LogP contribution in [0.4, 0.5) is 0 Å². The minimum absolute atomic E-state index is 0.00371. The molecule has 0 radical (unpaired) electrons. The maximum absolute atomic E-state index is 12.8. The minimum Gasteiger partial charge on any atom is -0.481 e. The predicted octanol–water partition coefficient (Wildman–Crippen LogP) is 1.40. The highest BCUT2D eigenvalue weighted by Crippen LogP contribution is 2.41. The summed E-state index contributed by atoms with van der Waals surface area (Å²) in [4.78, 5) is 35.6. The zero-order valence-corrected chi connectivity index (χ0v) is 15.9. The van der Waals surface area contributed by atoms with Crippen LogP contribution in [0.15, 0.2) is 23.6 Å². The molecule has 0 bridgehead atoms. The molecular weight excluding hydrogens is 385 g/mol. The van der Waals surface area contributed by atoms with Crippen LogP contribution >= 0.6 is 11.3 Å². The van der Waals surface area contributed by atoms with Crippen LogP contribution in [0.2, 0.25) is 0 Å². The molecule has 2 unspecified atom stereocenters. The molecule has 1 amide bonds. The van der Waals surface area contributed by atoms with Crippen LogP contribution in [0.1, 0.15) is 37.0 Å². The number of rotatable bonds is 6. The Bertz CT molecular complexity index is 766. The molecule has 1 saturated carbocycles. The van der Waals surface area contributed by atoms with Gasteiger partial charge in [0.2, 0.25) is 0 Å². The van der Waals surface area contributed by atoms with Crippen molar-refractivity contribution in [3.8, 4) is 0 Å². The lowest BCUT2D eigenvalue weighted by molar-refractivity contribution is -0.140. The summed E-state index contributed by atoms with van der Waals surface area (Å²) in [7, 11) is -1.35. The molecule has 10 heteroatoms. The van der Waals surface area contributed by atoms with Crippen LogP contribution in [-0.4, -0.2) is 52.2 Å². The molecule has 4 N–H and O–H groups in total. The van der Waals surface area contributed by atoms with Crippen LogP contribution in [0, 0.1) is 11.8 Å². The summed E-state index contributed by atoms with van der Waals surface area (Å²) in [5, 5.41) is 33.1. The van der Waals surface area contributed by atoms with Crippen molar-refractivity contribution < 1.29 is 34.3 Å². The van der Waals surface area contributed by atoms with Crippen molar-refractivity contribution in [1.82, 2.24) is 5.32 Å². The third kappa shape index (κ3) is 4.81. The summed E-state index contributed by atoms with van der Waals surface area (Å²) < 4.78 is 5.63. The average Bonchev–Trinajstić information content (AvgIpc) is 3.27. The van der Waals surface area contributed by atoms with E-state index in [2.05, 4.69) is 5.32 Å². The van der Waals surface area contributed by atoms with Crippen molar-refractivity contribution in [2.45, 2.75) is 44.1 Å². The Kier molecular flexibility index (Phi) is 6.53. The van der Waals surface area contributed by atoms with Crippen LogP contribution < -0.4 is 5.32 Å². The topological polar surface area (TPSA) is 133 Å². The van der Waals surface area contributed by atoms with Crippen LogP contribution in [0.5, 0.6) is 0 Å². The minimum atomic E-state index is -1.35. The fraction of sp³-hybridized carbons (Fsp3) is 0.500. The molecule has 1 aliphatic carbocycles.